The highest BCUT2D eigenvalue weighted by Crippen LogP contribution is 2.31. The molecule has 0 fully saturated rings. The quantitative estimate of drug-likeness (QED) is 0.695. The molecule has 0 heterocycles. The molecule has 0 aliphatic carbocycles. The number of carboxylic acids is 1. The first-order valence-corrected chi connectivity index (χ1v) is 9.18. The summed E-state index contributed by atoms with van der Waals surface area (Å²) in [6.45, 7) is 0.251. The largest absolute Gasteiger partial charge is 0.494 e. The molecule has 0 unspecified atom stereocenters. The number of carbonyl (C=O) groups is 1. The number of rotatable bonds is 8. The van der Waals surface area contributed by atoms with E-state index in [2.05, 4.69) is 4.72 Å². The lowest BCUT2D eigenvalue weighted by molar-refractivity contribution is 0.0693. The topological polar surface area (TPSA) is 92.7 Å². The molecule has 0 radical (unpaired) electrons. The smallest absolute Gasteiger partial charge is 0.339 e. The number of benzene rings is 1. The Labute approximate surface area is 132 Å². The molecule has 118 valence electrons. The van der Waals surface area contributed by atoms with Gasteiger partial charge in [-0.2, -0.15) is 11.8 Å². The molecule has 0 saturated heterocycles. The number of carboxylic acid groups (broad SMARTS) is 1. The molecular weight excluding hydrogens is 338 g/mol. The average molecular weight is 354 g/mol. The fourth-order valence-electron chi connectivity index (χ4n) is 1.64. The lowest BCUT2D eigenvalue weighted by Crippen LogP contribution is -2.26. The highest BCUT2D eigenvalue weighted by atomic mass is 35.5. The predicted octanol–water partition coefficient (Wildman–Crippen LogP) is 2.08. The van der Waals surface area contributed by atoms with Crippen molar-refractivity contribution in [3.8, 4) is 5.75 Å². The maximum Gasteiger partial charge on any atom is 0.339 e. The monoisotopic (exact) mass is 353 g/mol. The van der Waals surface area contributed by atoms with Crippen LogP contribution in [0.2, 0.25) is 5.02 Å². The zero-order chi connectivity index (χ0) is 16.0. The number of sulfonamides is 1. The van der Waals surface area contributed by atoms with Gasteiger partial charge in [-0.1, -0.05) is 11.6 Å². The molecule has 9 heteroatoms. The lowest BCUT2D eigenvalue weighted by Gasteiger charge is -2.13. The van der Waals surface area contributed by atoms with E-state index in [0.717, 1.165) is 11.8 Å². The van der Waals surface area contributed by atoms with Gasteiger partial charge in [0.05, 0.1) is 7.11 Å². The van der Waals surface area contributed by atoms with Crippen LogP contribution in [-0.4, -0.2) is 45.2 Å². The van der Waals surface area contributed by atoms with E-state index >= 15 is 0 Å². The Hall–Kier alpha value is -0.960. The molecule has 0 aliphatic heterocycles. The fourth-order valence-corrected chi connectivity index (χ4v) is 3.64. The predicted molar refractivity (Wildman–Crippen MR) is 83.2 cm³/mol. The van der Waals surface area contributed by atoms with Gasteiger partial charge in [0.1, 0.15) is 10.5 Å². The minimum atomic E-state index is -3.89. The molecule has 0 amide bonds. The summed E-state index contributed by atoms with van der Waals surface area (Å²) in [7, 11) is -2.68. The third-order valence-corrected chi connectivity index (χ3v) is 4.94. The van der Waals surface area contributed by atoms with E-state index in [4.69, 9.17) is 21.4 Å². The van der Waals surface area contributed by atoms with E-state index < -0.39 is 16.0 Å². The second-order valence-corrected chi connectivity index (χ2v) is 7.19. The van der Waals surface area contributed by atoms with Crippen LogP contribution in [0.1, 0.15) is 16.8 Å². The molecule has 0 bridgehead atoms. The van der Waals surface area contributed by atoms with Crippen molar-refractivity contribution >= 4 is 39.4 Å². The van der Waals surface area contributed by atoms with Crippen LogP contribution in [0, 0.1) is 0 Å². The van der Waals surface area contributed by atoms with Gasteiger partial charge in [-0.05, 0) is 30.6 Å². The zero-order valence-electron chi connectivity index (χ0n) is 11.6. The first kappa shape index (κ1) is 18.1. The molecule has 21 heavy (non-hydrogen) atoms. The summed E-state index contributed by atoms with van der Waals surface area (Å²) >= 11 is 7.40. The molecule has 0 aliphatic rings. The van der Waals surface area contributed by atoms with Crippen LogP contribution < -0.4 is 9.46 Å². The van der Waals surface area contributed by atoms with Crippen LogP contribution in [0.4, 0.5) is 0 Å². The normalized spacial score (nSPS) is 11.4. The molecule has 0 saturated carbocycles. The van der Waals surface area contributed by atoms with Gasteiger partial charge in [-0.25, -0.2) is 17.9 Å². The van der Waals surface area contributed by atoms with E-state index in [-0.39, 0.29) is 27.8 Å². The van der Waals surface area contributed by atoms with Crippen molar-refractivity contribution in [2.45, 2.75) is 11.3 Å². The molecule has 6 nitrogen and oxygen atoms in total. The summed E-state index contributed by atoms with van der Waals surface area (Å²) < 4.78 is 31.9. The van der Waals surface area contributed by atoms with Crippen molar-refractivity contribution in [3.63, 3.8) is 0 Å². The van der Waals surface area contributed by atoms with Crippen molar-refractivity contribution in [2.24, 2.45) is 0 Å². The second kappa shape index (κ2) is 7.88. The Bertz CT molecular complexity index is 618. The van der Waals surface area contributed by atoms with Crippen molar-refractivity contribution in [1.82, 2.24) is 4.72 Å². The van der Waals surface area contributed by atoms with Gasteiger partial charge in [-0.15, -0.1) is 0 Å². The van der Waals surface area contributed by atoms with Crippen LogP contribution >= 0.6 is 23.4 Å². The molecular formula is C12H16ClNO5S2. The SMILES string of the molecule is COc1c(C(=O)O)cc(Cl)cc1S(=O)(=O)NCCCSC. The Morgan fingerprint density at radius 2 is 2.14 bits per heavy atom. The average Bonchev–Trinajstić information content (AvgIpc) is 2.42. The van der Waals surface area contributed by atoms with E-state index in [0.29, 0.717) is 6.42 Å². The number of methoxy groups -OCH3 is 1. The molecule has 0 atom stereocenters. The Morgan fingerprint density at radius 3 is 2.67 bits per heavy atom. The lowest BCUT2D eigenvalue weighted by atomic mass is 10.2. The number of hydrogen-bond donors (Lipinski definition) is 2. The third-order valence-electron chi connectivity index (χ3n) is 2.56. The molecule has 1 aromatic rings. The number of ether oxygens (including phenoxy) is 1. The summed E-state index contributed by atoms with van der Waals surface area (Å²) in [5, 5.41) is 9.11. The molecule has 2 N–H and O–H groups in total. The highest BCUT2D eigenvalue weighted by molar-refractivity contribution is 7.98. The highest BCUT2D eigenvalue weighted by Gasteiger charge is 2.25. The van der Waals surface area contributed by atoms with Crippen LogP contribution in [0.15, 0.2) is 17.0 Å². The zero-order valence-corrected chi connectivity index (χ0v) is 13.9. The van der Waals surface area contributed by atoms with Gasteiger partial charge in [0, 0.05) is 11.6 Å². The van der Waals surface area contributed by atoms with Crippen LogP contribution in [0.3, 0.4) is 0 Å². The van der Waals surface area contributed by atoms with Gasteiger partial charge in [0.25, 0.3) is 0 Å². The number of thioether (sulfide) groups is 1. The maximum absolute atomic E-state index is 12.3. The minimum absolute atomic E-state index is 0.0117. The number of halogens is 1. The summed E-state index contributed by atoms with van der Waals surface area (Å²) in [6, 6.07) is 2.32. The molecule has 1 rings (SSSR count). The van der Waals surface area contributed by atoms with Gasteiger partial charge >= 0.3 is 5.97 Å². The number of nitrogens with one attached hydrogen (secondary N) is 1. The minimum Gasteiger partial charge on any atom is -0.494 e. The van der Waals surface area contributed by atoms with E-state index in [9.17, 15) is 13.2 Å². The first-order chi connectivity index (χ1) is 9.83. The van der Waals surface area contributed by atoms with E-state index in [1.165, 1.54) is 13.2 Å². The van der Waals surface area contributed by atoms with Crippen LogP contribution in [0.25, 0.3) is 0 Å². The number of hydrogen-bond acceptors (Lipinski definition) is 5. The fraction of sp³-hybridized carbons (Fsp3) is 0.417. The molecule has 0 spiro atoms. The van der Waals surface area contributed by atoms with Crippen molar-refractivity contribution in [2.75, 3.05) is 25.7 Å². The van der Waals surface area contributed by atoms with Gasteiger partial charge < -0.3 is 9.84 Å². The molecule has 0 aromatic heterocycles. The Morgan fingerprint density at radius 1 is 1.48 bits per heavy atom. The van der Waals surface area contributed by atoms with E-state index in [1.807, 2.05) is 6.26 Å². The molecule has 1 aromatic carbocycles. The van der Waals surface area contributed by atoms with E-state index in [1.54, 1.807) is 11.8 Å². The summed E-state index contributed by atoms with van der Waals surface area (Å²) in [6.07, 6.45) is 2.59. The summed E-state index contributed by atoms with van der Waals surface area (Å²) in [5.41, 5.74) is -0.297. The summed E-state index contributed by atoms with van der Waals surface area (Å²) in [4.78, 5) is 10.9. The van der Waals surface area contributed by atoms with Gasteiger partial charge in [0.15, 0.2) is 5.75 Å². The van der Waals surface area contributed by atoms with Crippen molar-refractivity contribution in [3.05, 3.63) is 22.7 Å². The van der Waals surface area contributed by atoms with Gasteiger partial charge in [0.2, 0.25) is 10.0 Å². The Kier molecular flexibility index (Phi) is 6.79. The van der Waals surface area contributed by atoms with Gasteiger partial charge in [-0.3, -0.25) is 0 Å². The second-order valence-electron chi connectivity index (χ2n) is 4.03. The van der Waals surface area contributed by atoms with Crippen molar-refractivity contribution < 1.29 is 23.1 Å². The first-order valence-electron chi connectivity index (χ1n) is 5.93. The third kappa shape index (κ3) is 4.77. The standard InChI is InChI=1S/C12H16ClNO5S2/c1-19-11-9(12(15)16)6-8(13)7-10(11)21(17,18)14-4-3-5-20-2/h6-7,14H,3-5H2,1-2H3,(H,15,16). The van der Waals surface area contributed by atoms with Crippen LogP contribution in [0.5, 0.6) is 5.75 Å². The van der Waals surface area contributed by atoms with Crippen molar-refractivity contribution in [1.29, 1.82) is 0 Å². The Balaban J connectivity index is 3.19. The maximum atomic E-state index is 12.3. The number of aromatic carboxylic acids is 1. The summed E-state index contributed by atoms with van der Waals surface area (Å²) in [5.74, 6) is -0.729. The van der Waals surface area contributed by atoms with Crippen LogP contribution in [-0.2, 0) is 10.0 Å².